The van der Waals surface area contributed by atoms with Crippen molar-refractivity contribution in [3.8, 4) is 0 Å². The van der Waals surface area contributed by atoms with Gasteiger partial charge in [-0.2, -0.15) is 0 Å². The Morgan fingerprint density at radius 2 is 1.93 bits per heavy atom. The number of pyridine rings is 1. The number of nitro groups is 1. The van der Waals surface area contributed by atoms with Gasteiger partial charge in [-0.25, -0.2) is 0 Å². The van der Waals surface area contributed by atoms with E-state index in [4.69, 9.17) is 0 Å². The SMILES string of the molecule is O=[N+]([O-])c1ncc(Br)c2ccccc12. The Morgan fingerprint density at radius 1 is 1.29 bits per heavy atom. The lowest BCUT2D eigenvalue weighted by molar-refractivity contribution is -0.387. The van der Waals surface area contributed by atoms with E-state index in [9.17, 15) is 10.1 Å². The number of benzene rings is 1. The highest BCUT2D eigenvalue weighted by Gasteiger charge is 2.14. The number of nitrogens with zero attached hydrogens (tertiary/aromatic N) is 2. The van der Waals surface area contributed by atoms with Crippen LogP contribution in [0.2, 0.25) is 0 Å². The summed E-state index contributed by atoms with van der Waals surface area (Å²) in [5, 5.41) is 12.0. The average molecular weight is 253 g/mol. The molecule has 0 aliphatic rings. The molecule has 1 aromatic carbocycles. The maximum Gasteiger partial charge on any atom is 0.371 e. The molecule has 0 fully saturated rings. The molecule has 1 heterocycles. The second-order valence-electron chi connectivity index (χ2n) is 2.73. The Morgan fingerprint density at radius 3 is 2.57 bits per heavy atom. The smallest absolute Gasteiger partial charge is 0.358 e. The summed E-state index contributed by atoms with van der Waals surface area (Å²) in [5.74, 6) is -0.108. The van der Waals surface area contributed by atoms with Crippen molar-refractivity contribution in [2.24, 2.45) is 0 Å². The van der Waals surface area contributed by atoms with Gasteiger partial charge in [-0.15, -0.1) is 0 Å². The standard InChI is InChI=1S/C9H5BrN2O2/c10-8-5-11-9(12(13)14)7-4-2-1-3-6(7)8/h1-5H. The summed E-state index contributed by atoms with van der Waals surface area (Å²) in [5.41, 5.74) is 0. The molecule has 2 rings (SSSR count). The second-order valence-corrected chi connectivity index (χ2v) is 3.59. The van der Waals surface area contributed by atoms with E-state index in [2.05, 4.69) is 20.9 Å². The fourth-order valence-corrected chi connectivity index (χ4v) is 1.74. The van der Waals surface area contributed by atoms with Gasteiger partial charge in [-0.05, 0) is 31.9 Å². The van der Waals surface area contributed by atoms with E-state index in [0.29, 0.717) is 5.39 Å². The Labute approximate surface area is 87.9 Å². The lowest BCUT2D eigenvalue weighted by Gasteiger charge is -1.99. The van der Waals surface area contributed by atoms with Crippen molar-refractivity contribution in [3.05, 3.63) is 45.0 Å². The number of fused-ring (bicyclic) bond motifs is 1. The van der Waals surface area contributed by atoms with Crippen LogP contribution in [-0.2, 0) is 0 Å². The molecule has 14 heavy (non-hydrogen) atoms. The summed E-state index contributed by atoms with van der Waals surface area (Å²) in [7, 11) is 0. The van der Waals surface area contributed by atoms with Crippen molar-refractivity contribution in [2.75, 3.05) is 0 Å². The van der Waals surface area contributed by atoms with Crippen molar-refractivity contribution in [1.29, 1.82) is 0 Å². The third-order valence-electron chi connectivity index (χ3n) is 1.90. The molecule has 0 unspecified atom stereocenters. The van der Waals surface area contributed by atoms with Gasteiger partial charge < -0.3 is 10.1 Å². The van der Waals surface area contributed by atoms with Crippen molar-refractivity contribution >= 4 is 32.5 Å². The van der Waals surface area contributed by atoms with Crippen molar-refractivity contribution < 1.29 is 4.92 Å². The van der Waals surface area contributed by atoms with Crippen LogP contribution in [0.1, 0.15) is 0 Å². The molecule has 0 atom stereocenters. The Bertz CT molecular complexity index is 513. The summed E-state index contributed by atoms with van der Waals surface area (Å²) in [6, 6.07) is 7.08. The Hall–Kier alpha value is -1.49. The Kier molecular flexibility index (Phi) is 2.17. The number of rotatable bonds is 1. The molecular weight excluding hydrogens is 248 g/mol. The average Bonchev–Trinajstić information content (AvgIpc) is 2.18. The first-order chi connectivity index (χ1) is 6.70. The van der Waals surface area contributed by atoms with E-state index in [1.54, 1.807) is 12.1 Å². The van der Waals surface area contributed by atoms with Gasteiger partial charge in [0.2, 0.25) is 0 Å². The maximum atomic E-state index is 10.7. The molecule has 0 radical (unpaired) electrons. The zero-order valence-corrected chi connectivity index (χ0v) is 8.56. The third kappa shape index (κ3) is 1.35. The quantitative estimate of drug-likeness (QED) is 0.579. The summed E-state index contributed by atoms with van der Waals surface area (Å²) in [6.07, 6.45) is 1.44. The van der Waals surface area contributed by atoms with E-state index >= 15 is 0 Å². The van der Waals surface area contributed by atoms with Gasteiger partial charge in [-0.1, -0.05) is 18.2 Å². The minimum absolute atomic E-state index is 0.108. The van der Waals surface area contributed by atoms with Crippen LogP contribution in [0.4, 0.5) is 5.82 Å². The van der Waals surface area contributed by atoms with Crippen LogP contribution in [0.25, 0.3) is 10.8 Å². The van der Waals surface area contributed by atoms with Crippen molar-refractivity contribution in [2.45, 2.75) is 0 Å². The van der Waals surface area contributed by atoms with E-state index in [-0.39, 0.29) is 5.82 Å². The topological polar surface area (TPSA) is 56.0 Å². The Balaban J connectivity index is 2.88. The number of hydrogen-bond donors (Lipinski definition) is 0. The molecule has 5 heteroatoms. The molecule has 0 spiro atoms. The van der Waals surface area contributed by atoms with Gasteiger partial charge in [0.15, 0.2) is 6.20 Å². The fourth-order valence-electron chi connectivity index (χ4n) is 1.29. The molecule has 70 valence electrons. The van der Waals surface area contributed by atoms with E-state index in [1.807, 2.05) is 12.1 Å². The van der Waals surface area contributed by atoms with Gasteiger partial charge in [-0.3, -0.25) is 0 Å². The third-order valence-corrected chi connectivity index (χ3v) is 2.53. The number of aromatic nitrogens is 1. The predicted octanol–water partition coefficient (Wildman–Crippen LogP) is 2.91. The van der Waals surface area contributed by atoms with Crippen molar-refractivity contribution in [1.82, 2.24) is 4.98 Å². The van der Waals surface area contributed by atoms with Gasteiger partial charge in [0.05, 0.1) is 9.86 Å². The molecule has 1 aromatic heterocycles. The van der Waals surface area contributed by atoms with Crippen molar-refractivity contribution in [3.63, 3.8) is 0 Å². The van der Waals surface area contributed by atoms with Gasteiger partial charge in [0.1, 0.15) is 0 Å². The van der Waals surface area contributed by atoms with Crippen LogP contribution >= 0.6 is 15.9 Å². The van der Waals surface area contributed by atoms with Crippen LogP contribution in [0.3, 0.4) is 0 Å². The molecule has 0 N–H and O–H groups in total. The minimum atomic E-state index is -0.477. The summed E-state index contributed by atoms with van der Waals surface area (Å²) >= 11 is 3.30. The molecule has 0 saturated heterocycles. The molecule has 2 aromatic rings. The first-order valence-electron chi connectivity index (χ1n) is 3.88. The zero-order chi connectivity index (χ0) is 10.1. The van der Waals surface area contributed by atoms with E-state index in [0.717, 1.165) is 9.86 Å². The lowest BCUT2D eigenvalue weighted by atomic mass is 10.2. The summed E-state index contributed by atoms with van der Waals surface area (Å²) < 4.78 is 0.763. The molecule has 0 amide bonds. The number of halogens is 1. The highest BCUT2D eigenvalue weighted by Crippen LogP contribution is 2.28. The summed E-state index contributed by atoms with van der Waals surface area (Å²) in [6.45, 7) is 0. The lowest BCUT2D eigenvalue weighted by Crippen LogP contribution is -1.93. The monoisotopic (exact) mass is 252 g/mol. The van der Waals surface area contributed by atoms with Crippen LogP contribution in [0.5, 0.6) is 0 Å². The van der Waals surface area contributed by atoms with E-state index in [1.165, 1.54) is 6.20 Å². The fraction of sp³-hybridized carbons (Fsp3) is 0. The van der Waals surface area contributed by atoms with Crippen LogP contribution in [-0.4, -0.2) is 9.91 Å². The van der Waals surface area contributed by atoms with Gasteiger partial charge in [0, 0.05) is 5.39 Å². The highest BCUT2D eigenvalue weighted by molar-refractivity contribution is 9.10. The van der Waals surface area contributed by atoms with Crippen LogP contribution in [0.15, 0.2) is 34.9 Å². The zero-order valence-electron chi connectivity index (χ0n) is 6.98. The maximum absolute atomic E-state index is 10.7. The van der Waals surface area contributed by atoms with Gasteiger partial charge >= 0.3 is 5.82 Å². The van der Waals surface area contributed by atoms with E-state index < -0.39 is 4.92 Å². The molecule has 0 bridgehead atoms. The first kappa shape index (κ1) is 9.08. The first-order valence-corrected chi connectivity index (χ1v) is 4.67. The molecular formula is C9H5BrN2O2. The largest absolute Gasteiger partial charge is 0.371 e. The predicted molar refractivity (Wildman–Crippen MR) is 56.1 cm³/mol. The van der Waals surface area contributed by atoms with Crippen LogP contribution in [0, 0.1) is 10.1 Å². The summed E-state index contributed by atoms with van der Waals surface area (Å²) in [4.78, 5) is 13.9. The second kappa shape index (κ2) is 3.34. The number of hydrogen-bond acceptors (Lipinski definition) is 3. The molecule has 0 aliphatic carbocycles. The normalized spacial score (nSPS) is 10.4. The van der Waals surface area contributed by atoms with Gasteiger partial charge in [0.25, 0.3) is 0 Å². The molecule has 0 aliphatic heterocycles. The van der Waals surface area contributed by atoms with Crippen LogP contribution < -0.4 is 0 Å². The minimum Gasteiger partial charge on any atom is -0.358 e. The molecule has 4 nitrogen and oxygen atoms in total. The highest BCUT2D eigenvalue weighted by atomic mass is 79.9. The molecule has 0 saturated carbocycles.